The molecule has 2 aliphatic rings. The average molecular weight is 382 g/mol. The fraction of sp³-hybridized carbons (Fsp3) is 0.920. The molecule has 162 valence electrons. The third-order valence-electron chi connectivity index (χ3n) is 5.69. The lowest BCUT2D eigenvalue weighted by atomic mass is 9.92. The van der Waals surface area contributed by atoms with Gasteiger partial charge in [0.15, 0.2) is 0 Å². The van der Waals surface area contributed by atoms with Crippen molar-refractivity contribution >= 4 is 0 Å². The molecule has 2 atom stereocenters. The third kappa shape index (κ3) is 11.2. The van der Waals surface area contributed by atoms with E-state index in [1.54, 1.807) is 5.57 Å². The Labute approximate surface area is 172 Å². The smallest absolute Gasteiger partial charge is 0.0999 e. The van der Waals surface area contributed by atoms with E-state index in [2.05, 4.69) is 39.6 Å². The summed E-state index contributed by atoms with van der Waals surface area (Å²) in [6, 6.07) is 0. The highest BCUT2D eigenvalue weighted by Crippen LogP contribution is 2.35. The SMILES string of the molecule is CC.CCCCC1CCC(CC)=C(C2CCN(C)C2)O1.CCCCCCC. The summed E-state index contributed by atoms with van der Waals surface area (Å²) in [5.41, 5.74) is 1.60. The van der Waals surface area contributed by atoms with Crippen LogP contribution in [0, 0.1) is 5.92 Å². The molecular weight excluding hydrogens is 330 g/mol. The molecule has 27 heavy (non-hydrogen) atoms. The molecule has 2 unspecified atom stereocenters. The lowest BCUT2D eigenvalue weighted by Gasteiger charge is -2.31. The van der Waals surface area contributed by atoms with E-state index in [9.17, 15) is 0 Å². The molecule has 0 aliphatic carbocycles. The lowest BCUT2D eigenvalue weighted by Crippen LogP contribution is -2.24. The van der Waals surface area contributed by atoms with Crippen molar-refractivity contribution in [1.29, 1.82) is 0 Å². The minimum absolute atomic E-state index is 0.501. The quantitative estimate of drug-likeness (QED) is 0.375. The van der Waals surface area contributed by atoms with Crippen molar-refractivity contribution in [3.05, 3.63) is 11.3 Å². The van der Waals surface area contributed by atoms with Crippen LogP contribution in [0.4, 0.5) is 0 Å². The van der Waals surface area contributed by atoms with Gasteiger partial charge in [-0.05, 0) is 51.3 Å². The highest BCUT2D eigenvalue weighted by molar-refractivity contribution is 5.16. The van der Waals surface area contributed by atoms with Gasteiger partial charge < -0.3 is 9.64 Å². The zero-order valence-corrected chi connectivity index (χ0v) is 19.9. The summed E-state index contributed by atoms with van der Waals surface area (Å²) in [7, 11) is 2.23. The Morgan fingerprint density at radius 3 is 2.00 bits per heavy atom. The van der Waals surface area contributed by atoms with Crippen molar-refractivity contribution in [3.8, 4) is 0 Å². The molecule has 2 rings (SSSR count). The van der Waals surface area contributed by atoms with Gasteiger partial charge in [-0.3, -0.25) is 0 Å². The van der Waals surface area contributed by atoms with Crippen molar-refractivity contribution in [2.75, 3.05) is 20.1 Å². The first-order valence-electron chi connectivity index (χ1n) is 12.2. The largest absolute Gasteiger partial charge is 0.494 e. The van der Waals surface area contributed by atoms with Crippen molar-refractivity contribution < 1.29 is 4.74 Å². The number of unbranched alkanes of at least 4 members (excludes halogenated alkanes) is 5. The molecule has 0 bridgehead atoms. The van der Waals surface area contributed by atoms with Crippen LogP contribution >= 0.6 is 0 Å². The van der Waals surface area contributed by atoms with Crippen molar-refractivity contribution in [2.24, 2.45) is 5.92 Å². The average Bonchev–Trinajstić information content (AvgIpc) is 3.15. The Balaban J connectivity index is 0.000000637. The van der Waals surface area contributed by atoms with E-state index in [0.29, 0.717) is 12.0 Å². The molecule has 2 aliphatic heterocycles. The Morgan fingerprint density at radius 1 is 0.889 bits per heavy atom. The molecule has 0 saturated carbocycles. The van der Waals surface area contributed by atoms with Crippen LogP contribution in [0.15, 0.2) is 11.3 Å². The van der Waals surface area contributed by atoms with E-state index in [1.807, 2.05) is 13.8 Å². The molecule has 2 heteroatoms. The summed E-state index contributed by atoms with van der Waals surface area (Å²) in [5.74, 6) is 2.06. The second-order valence-corrected chi connectivity index (χ2v) is 8.05. The Hall–Kier alpha value is -0.500. The molecule has 1 saturated heterocycles. The van der Waals surface area contributed by atoms with Crippen molar-refractivity contribution in [3.63, 3.8) is 0 Å². The van der Waals surface area contributed by atoms with Gasteiger partial charge in [0.1, 0.15) is 0 Å². The monoisotopic (exact) mass is 381 g/mol. The van der Waals surface area contributed by atoms with Gasteiger partial charge in [-0.2, -0.15) is 0 Å². The maximum atomic E-state index is 6.38. The number of hydrogen-bond donors (Lipinski definition) is 0. The summed E-state index contributed by atoms with van der Waals surface area (Å²) >= 11 is 0. The summed E-state index contributed by atoms with van der Waals surface area (Å²) in [5, 5.41) is 0. The van der Waals surface area contributed by atoms with E-state index in [0.717, 1.165) is 0 Å². The zero-order valence-electron chi connectivity index (χ0n) is 19.9. The standard InChI is InChI=1S/C16H29NO.C7H16.C2H6/c1-4-6-7-15-9-8-13(5-2)16(18-15)14-10-11-17(3)12-14;1-3-5-7-6-4-2;1-2/h14-15H,4-12H2,1-3H3;3-7H2,1-2H3;1-2H3. The molecular formula is C25H51NO. The number of likely N-dealkylation sites (tertiary alicyclic amines) is 1. The van der Waals surface area contributed by atoms with Crippen LogP contribution in [0.5, 0.6) is 0 Å². The van der Waals surface area contributed by atoms with Crippen LogP contribution in [0.2, 0.25) is 0 Å². The number of hydrogen-bond acceptors (Lipinski definition) is 2. The zero-order chi connectivity index (χ0) is 20.5. The van der Waals surface area contributed by atoms with Crippen LogP contribution in [0.1, 0.15) is 119 Å². The Morgan fingerprint density at radius 2 is 1.52 bits per heavy atom. The van der Waals surface area contributed by atoms with Crippen molar-refractivity contribution in [2.45, 2.75) is 125 Å². The van der Waals surface area contributed by atoms with Gasteiger partial charge in [0.25, 0.3) is 0 Å². The van der Waals surface area contributed by atoms with Crippen molar-refractivity contribution in [1.82, 2.24) is 4.90 Å². The van der Waals surface area contributed by atoms with Gasteiger partial charge in [0, 0.05) is 12.5 Å². The van der Waals surface area contributed by atoms with Crippen LogP contribution in [0.3, 0.4) is 0 Å². The van der Waals surface area contributed by atoms with E-state index < -0.39 is 0 Å². The first-order valence-corrected chi connectivity index (χ1v) is 12.2. The number of rotatable bonds is 9. The fourth-order valence-corrected chi connectivity index (χ4v) is 3.98. The predicted molar refractivity (Wildman–Crippen MR) is 122 cm³/mol. The molecule has 1 fully saturated rings. The van der Waals surface area contributed by atoms with E-state index >= 15 is 0 Å². The molecule has 0 aromatic carbocycles. The normalized spacial score (nSPS) is 22.5. The minimum Gasteiger partial charge on any atom is -0.494 e. The van der Waals surface area contributed by atoms with E-state index in [1.165, 1.54) is 95.9 Å². The fourth-order valence-electron chi connectivity index (χ4n) is 3.98. The third-order valence-corrected chi connectivity index (χ3v) is 5.69. The summed E-state index contributed by atoms with van der Waals surface area (Å²) in [4.78, 5) is 2.43. The van der Waals surface area contributed by atoms with Crippen LogP contribution < -0.4 is 0 Å². The van der Waals surface area contributed by atoms with Crippen LogP contribution in [-0.4, -0.2) is 31.1 Å². The number of allylic oxidation sites excluding steroid dienone is 1. The lowest BCUT2D eigenvalue weighted by molar-refractivity contribution is 0.0605. The van der Waals surface area contributed by atoms with Gasteiger partial charge in [-0.25, -0.2) is 0 Å². The first kappa shape index (κ1) is 26.5. The molecule has 0 spiro atoms. The van der Waals surface area contributed by atoms with Gasteiger partial charge in [0.2, 0.25) is 0 Å². The van der Waals surface area contributed by atoms with E-state index in [-0.39, 0.29) is 0 Å². The van der Waals surface area contributed by atoms with Gasteiger partial charge in [0.05, 0.1) is 11.9 Å². The molecule has 0 amide bonds. The maximum absolute atomic E-state index is 6.38. The molecule has 0 aromatic heterocycles. The molecule has 0 aromatic rings. The van der Waals surface area contributed by atoms with Crippen LogP contribution in [0.25, 0.3) is 0 Å². The Bertz CT molecular complexity index is 359. The van der Waals surface area contributed by atoms with Gasteiger partial charge >= 0.3 is 0 Å². The second-order valence-electron chi connectivity index (χ2n) is 8.05. The van der Waals surface area contributed by atoms with Crippen LogP contribution in [-0.2, 0) is 4.74 Å². The predicted octanol–water partition coefficient (Wildman–Crippen LogP) is 7.97. The van der Waals surface area contributed by atoms with Gasteiger partial charge in [-0.1, -0.05) is 86.5 Å². The molecule has 0 N–H and O–H groups in total. The van der Waals surface area contributed by atoms with E-state index in [4.69, 9.17) is 4.74 Å². The number of ether oxygens (including phenoxy) is 1. The first-order chi connectivity index (χ1) is 13.2. The minimum atomic E-state index is 0.501. The maximum Gasteiger partial charge on any atom is 0.0999 e. The topological polar surface area (TPSA) is 12.5 Å². The second kappa shape index (κ2) is 17.6. The summed E-state index contributed by atoms with van der Waals surface area (Å²) < 4.78 is 6.38. The Kier molecular flexibility index (Phi) is 17.3. The molecule has 0 radical (unpaired) electrons. The summed E-state index contributed by atoms with van der Waals surface area (Å²) in [6.45, 7) is 15.5. The molecule has 2 nitrogen and oxygen atoms in total. The highest BCUT2D eigenvalue weighted by atomic mass is 16.5. The molecule has 2 heterocycles. The number of nitrogens with zero attached hydrogens (tertiary/aromatic N) is 1. The van der Waals surface area contributed by atoms with Gasteiger partial charge in [-0.15, -0.1) is 0 Å². The summed E-state index contributed by atoms with van der Waals surface area (Å²) in [6.07, 6.45) is 16.3. The highest BCUT2D eigenvalue weighted by Gasteiger charge is 2.30.